The van der Waals surface area contributed by atoms with Crippen LogP contribution in [0.25, 0.3) is 0 Å². The number of benzene rings is 3. The standard InChI is InChI=1S/C24H25FN2O4S/c1-17-5-4-6-21(15-17)31-14-13-27(3)24(28)19-7-9-20(10-8-19)26-32(29,30)22-11-12-23(25)18(2)16-22/h4-12,15-16,26H,13-14H2,1-3H3. The molecular weight excluding hydrogens is 431 g/mol. The van der Waals surface area contributed by atoms with Crippen molar-refractivity contribution < 1.29 is 22.3 Å². The molecule has 3 rings (SSSR count). The van der Waals surface area contributed by atoms with Gasteiger partial charge in [0, 0.05) is 18.3 Å². The van der Waals surface area contributed by atoms with Crippen LogP contribution >= 0.6 is 0 Å². The molecule has 0 atom stereocenters. The van der Waals surface area contributed by atoms with E-state index in [9.17, 15) is 17.6 Å². The van der Waals surface area contributed by atoms with Crippen LogP contribution in [-0.2, 0) is 10.0 Å². The summed E-state index contributed by atoms with van der Waals surface area (Å²) in [6.45, 7) is 4.22. The fourth-order valence-corrected chi connectivity index (χ4v) is 4.15. The quantitative estimate of drug-likeness (QED) is 0.545. The van der Waals surface area contributed by atoms with Gasteiger partial charge in [-0.15, -0.1) is 0 Å². The SMILES string of the molecule is Cc1cccc(OCCN(C)C(=O)c2ccc(NS(=O)(=O)c3ccc(F)c(C)c3)cc2)c1. The molecule has 0 unspecified atom stereocenters. The van der Waals surface area contributed by atoms with Crippen LogP contribution in [0.2, 0.25) is 0 Å². The van der Waals surface area contributed by atoms with Crippen molar-refractivity contribution in [1.29, 1.82) is 0 Å². The van der Waals surface area contributed by atoms with Crippen LogP contribution < -0.4 is 9.46 Å². The first-order valence-corrected chi connectivity index (χ1v) is 11.5. The molecule has 3 aromatic carbocycles. The van der Waals surface area contributed by atoms with Crippen LogP contribution in [0.15, 0.2) is 71.6 Å². The van der Waals surface area contributed by atoms with Crippen molar-refractivity contribution >= 4 is 21.6 Å². The van der Waals surface area contributed by atoms with E-state index in [1.54, 1.807) is 19.2 Å². The van der Waals surface area contributed by atoms with Crippen molar-refractivity contribution in [3.05, 3.63) is 89.2 Å². The molecule has 0 aromatic heterocycles. The maximum atomic E-state index is 13.4. The van der Waals surface area contributed by atoms with Crippen LogP contribution in [0.4, 0.5) is 10.1 Å². The first-order chi connectivity index (χ1) is 15.2. The van der Waals surface area contributed by atoms with Gasteiger partial charge in [-0.25, -0.2) is 12.8 Å². The molecule has 3 aromatic rings. The van der Waals surface area contributed by atoms with E-state index in [1.165, 1.54) is 36.1 Å². The number of hydrogen-bond donors (Lipinski definition) is 1. The van der Waals surface area contributed by atoms with Crippen molar-refractivity contribution in [2.45, 2.75) is 18.7 Å². The maximum Gasteiger partial charge on any atom is 0.261 e. The van der Waals surface area contributed by atoms with Gasteiger partial charge in [-0.3, -0.25) is 9.52 Å². The largest absolute Gasteiger partial charge is 0.492 e. The topological polar surface area (TPSA) is 75.7 Å². The minimum absolute atomic E-state index is 0.0371. The summed E-state index contributed by atoms with van der Waals surface area (Å²) in [6.07, 6.45) is 0. The third-order valence-corrected chi connectivity index (χ3v) is 6.23. The number of aryl methyl sites for hydroxylation is 2. The van der Waals surface area contributed by atoms with E-state index >= 15 is 0 Å². The van der Waals surface area contributed by atoms with E-state index in [0.717, 1.165) is 17.4 Å². The minimum atomic E-state index is -3.87. The van der Waals surface area contributed by atoms with Crippen molar-refractivity contribution in [2.24, 2.45) is 0 Å². The lowest BCUT2D eigenvalue weighted by molar-refractivity contribution is 0.0774. The van der Waals surface area contributed by atoms with Crippen molar-refractivity contribution in [2.75, 3.05) is 24.9 Å². The van der Waals surface area contributed by atoms with Crippen molar-refractivity contribution in [1.82, 2.24) is 4.90 Å². The molecule has 6 nitrogen and oxygen atoms in total. The molecule has 0 saturated carbocycles. The molecule has 168 valence electrons. The average Bonchev–Trinajstić information content (AvgIpc) is 2.75. The molecule has 0 bridgehead atoms. The molecular formula is C24H25FN2O4S. The monoisotopic (exact) mass is 456 g/mol. The van der Waals surface area contributed by atoms with E-state index in [0.29, 0.717) is 24.4 Å². The molecule has 0 aliphatic rings. The number of nitrogens with zero attached hydrogens (tertiary/aromatic N) is 1. The third kappa shape index (κ3) is 5.85. The summed E-state index contributed by atoms with van der Waals surface area (Å²) in [7, 11) is -2.20. The average molecular weight is 457 g/mol. The number of sulfonamides is 1. The van der Waals surface area contributed by atoms with E-state index in [1.807, 2.05) is 31.2 Å². The predicted molar refractivity (Wildman–Crippen MR) is 122 cm³/mol. The Morgan fingerprint density at radius 2 is 1.75 bits per heavy atom. The Hall–Kier alpha value is -3.39. The lowest BCUT2D eigenvalue weighted by atomic mass is 10.2. The van der Waals surface area contributed by atoms with Crippen molar-refractivity contribution in [3.8, 4) is 5.75 Å². The number of ether oxygens (including phenoxy) is 1. The Bertz CT molecular complexity index is 1210. The molecule has 32 heavy (non-hydrogen) atoms. The number of rotatable bonds is 8. The summed E-state index contributed by atoms with van der Waals surface area (Å²) in [6, 6.07) is 17.4. The van der Waals surface area contributed by atoms with Gasteiger partial charge in [0.15, 0.2) is 0 Å². The molecule has 1 N–H and O–H groups in total. The molecule has 0 saturated heterocycles. The first-order valence-electron chi connectivity index (χ1n) is 10.00. The van der Waals surface area contributed by atoms with Crippen LogP contribution in [0, 0.1) is 19.7 Å². The summed E-state index contributed by atoms with van der Waals surface area (Å²) in [4.78, 5) is 14.1. The van der Waals surface area contributed by atoms with Crippen LogP contribution in [0.1, 0.15) is 21.5 Å². The number of nitrogens with one attached hydrogen (secondary N) is 1. The Balaban J connectivity index is 1.59. The molecule has 0 spiro atoms. The van der Waals surface area contributed by atoms with E-state index in [4.69, 9.17) is 4.74 Å². The van der Waals surface area contributed by atoms with Crippen LogP contribution in [0.3, 0.4) is 0 Å². The van der Waals surface area contributed by atoms with Gasteiger partial charge >= 0.3 is 0 Å². The zero-order valence-corrected chi connectivity index (χ0v) is 18.9. The number of carbonyl (C=O) groups is 1. The van der Waals surface area contributed by atoms with Crippen molar-refractivity contribution in [3.63, 3.8) is 0 Å². The summed E-state index contributed by atoms with van der Waals surface area (Å²) in [5, 5.41) is 0. The zero-order chi connectivity index (χ0) is 23.3. The number of hydrogen-bond acceptors (Lipinski definition) is 4. The van der Waals surface area contributed by atoms with E-state index in [2.05, 4.69) is 4.72 Å². The Kier molecular flexibility index (Phi) is 7.15. The van der Waals surface area contributed by atoms with E-state index in [-0.39, 0.29) is 16.4 Å². The van der Waals surface area contributed by atoms with Gasteiger partial charge in [0.1, 0.15) is 18.2 Å². The summed E-state index contributed by atoms with van der Waals surface area (Å²) in [5.41, 5.74) is 2.05. The van der Waals surface area contributed by atoms with Gasteiger partial charge in [-0.2, -0.15) is 0 Å². The lowest BCUT2D eigenvalue weighted by Gasteiger charge is -2.18. The highest BCUT2D eigenvalue weighted by Crippen LogP contribution is 2.19. The number of amides is 1. The van der Waals surface area contributed by atoms with Gasteiger partial charge < -0.3 is 9.64 Å². The Labute approximate surface area is 187 Å². The first kappa shape index (κ1) is 23.3. The Morgan fingerprint density at radius 1 is 1.03 bits per heavy atom. The molecule has 0 heterocycles. The second-order valence-corrected chi connectivity index (χ2v) is 9.17. The lowest BCUT2D eigenvalue weighted by Crippen LogP contribution is -2.30. The Morgan fingerprint density at radius 3 is 2.41 bits per heavy atom. The fraction of sp³-hybridized carbons (Fsp3) is 0.208. The van der Waals surface area contributed by atoms with Gasteiger partial charge in [0.25, 0.3) is 15.9 Å². The molecule has 0 aliphatic carbocycles. The molecule has 8 heteroatoms. The highest BCUT2D eigenvalue weighted by molar-refractivity contribution is 7.92. The normalized spacial score (nSPS) is 11.1. The zero-order valence-electron chi connectivity index (χ0n) is 18.1. The number of halogens is 1. The van der Waals surface area contributed by atoms with Gasteiger partial charge in [-0.05, 0) is 79.6 Å². The van der Waals surface area contributed by atoms with Crippen LogP contribution in [-0.4, -0.2) is 39.4 Å². The van der Waals surface area contributed by atoms with Gasteiger partial charge in [0.05, 0.1) is 11.4 Å². The number of anilines is 1. The van der Waals surface area contributed by atoms with Gasteiger partial charge in [-0.1, -0.05) is 12.1 Å². The number of carbonyl (C=O) groups excluding carboxylic acids is 1. The summed E-state index contributed by atoms with van der Waals surface area (Å²) >= 11 is 0. The second-order valence-electron chi connectivity index (χ2n) is 7.49. The highest BCUT2D eigenvalue weighted by Gasteiger charge is 2.17. The fourth-order valence-electron chi connectivity index (χ4n) is 3.01. The minimum Gasteiger partial charge on any atom is -0.492 e. The summed E-state index contributed by atoms with van der Waals surface area (Å²) in [5.74, 6) is 0.0699. The van der Waals surface area contributed by atoms with Gasteiger partial charge in [0.2, 0.25) is 0 Å². The smallest absolute Gasteiger partial charge is 0.261 e. The molecule has 1 amide bonds. The highest BCUT2D eigenvalue weighted by atomic mass is 32.2. The second kappa shape index (κ2) is 9.82. The number of likely N-dealkylation sites (N-methyl/N-ethyl adjacent to an activating group) is 1. The van der Waals surface area contributed by atoms with E-state index < -0.39 is 15.8 Å². The molecule has 0 radical (unpaired) electrons. The summed E-state index contributed by atoms with van der Waals surface area (Å²) < 4.78 is 46.6. The third-order valence-electron chi connectivity index (χ3n) is 4.86. The van der Waals surface area contributed by atoms with Crippen LogP contribution in [0.5, 0.6) is 5.75 Å². The maximum absolute atomic E-state index is 13.4. The predicted octanol–water partition coefficient (Wildman–Crippen LogP) is 4.39. The molecule has 0 aliphatic heterocycles. The molecule has 0 fully saturated rings.